The Morgan fingerprint density at radius 1 is 1.11 bits per heavy atom. The molecule has 0 saturated heterocycles. The largest absolute Gasteiger partial charge is 0.506 e. The molecule has 2 aromatic carbocycles. The van der Waals surface area contributed by atoms with E-state index in [1.165, 1.54) is 18.2 Å². The molecule has 2 aromatic rings. The van der Waals surface area contributed by atoms with Gasteiger partial charge in [-0.2, -0.15) is 5.26 Å². The van der Waals surface area contributed by atoms with Gasteiger partial charge in [0.2, 0.25) is 15.9 Å². The van der Waals surface area contributed by atoms with Crippen LogP contribution >= 0.6 is 0 Å². The maximum atomic E-state index is 12.5. The van der Waals surface area contributed by atoms with E-state index < -0.39 is 38.1 Å². The number of sulfonamides is 2. The normalized spacial score (nSPS) is 11.4. The number of aromatic hydroxyl groups is 1. The Labute approximate surface area is 155 Å². The highest BCUT2D eigenvalue weighted by Gasteiger charge is 2.18. The van der Waals surface area contributed by atoms with Crippen LogP contribution in [0.2, 0.25) is 0 Å². The number of phenolic OH excluding ortho intramolecular Hbond substituents is 1. The first-order chi connectivity index (χ1) is 12.5. The third-order valence-electron chi connectivity index (χ3n) is 3.21. The molecule has 0 aliphatic heterocycles. The molecule has 1 amide bonds. The molecule has 142 valence electrons. The van der Waals surface area contributed by atoms with Crippen LogP contribution in [-0.2, 0) is 24.8 Å². The summed E-state index contributed by atoms with van der Waals surface area (Å²) in [5, 5.41) is 25.4. The Morgan fingerprint density at radius 2 is 1.81 bits per heavy atom. The second-order valence-electron chi connectivity index (χ2n) is 5.24. The molecular formula is C15H14N4O6S2. The van der Waals surface area contributed by atoms with E-state index in [0.29, 0.717) is 0 Å². The minimum absolute atomic E-state index is 0.0512. The van der Waals surface area contributed by atoms with Gasteiger partial charge in [0.15, 0.2) is 0 Å². The molecule has 0 unspecified atom stereocenters. The van der Waals surface area contributed by atoms with Crippen molar-refractivity contribution in [3.63, 3.8) is 0 Å². The second-order valence-corrected chi connectivity index (χ2v) is 8.48. The highest BCUT2D eigenvalue weighted by atomic mass is 32.2. The minimum atomic E-state index is -4.18. The molecule has 2 rings (SSSR count). The Bertz CT molecular complexity index is 1140. The monoisotopic (exact) mass is 410 g/mol. The summed E-state index contributed by atoms with van der Waals surface area (Å²) in [5.74, 6) is -1.12. The first-order valence-corrected chi connectivity index (χ1v) is 10.2. The first-order valence-electron chi connectivity index (χ1n) is 7.18. The summed E-state index contributed by atoms with van der Waals surface area (Å²) < 4.78 is 49.9. The summed E-state index contributed by atoms with van der Waals surface area (Å²) in [7, 11) is -8.19. The van der Waals surface area contributed by atoms with Crippen molar-refractivity contribution < 1.29 is 26.7 Å². The average Bonchev–Trinajstić information content (AvgIpc) is 2.56. The van der Waals surface area contributed by atoms with Crippen molar-refractivity contribution in [1.29, 1.82) is 5.26 Å². The van der Waals surface area contributed by atoms with E-state index in [2.05, 4.69) is 10.0 Å². The lowest BCUT2D eigenvalue weighted by molar-refractivity contribution is -0.115. The van der Waals surface area contributed by atoms with Gasteiger partial charge in [-0.25, -0.2) is 22.0 Å². The number of carbonyl (C=O) groups excluding carboxylic acids is 1. The zero-order valence-corrected chi connectivity index (χ0v) is 15.2. The van der Waals surface area contributed by atoms with Crippen LogP contribution in [0.4, 0.5) is 11.4 Å². The number of phenols is 1. The average molecular weight is 410 g/mol. The quantitative estimate of drug-likeness (QED) is 0.506. The van der Waals surface area contributed by atoms with Crippen molar-refractivity contribution in [2.75, 3.05) is 10.0 Å². The van der Waals surface area contributed by atoms with Crippen molar-refractivity contribution in [2.45, 2.75) is 16.2 Å². The number of nitrogens with zero attached hydrogens (tertiary/aromatic N) is 1. The summed E-state index contributed by atoms with van der Waals surface area (Å²) in [6.45, 7) is 0. The second kappa shape index (κ2) is 7.62. The van der Waals surface area contributed by atoms with E-state index in [1.807, 2.05) is 0 Å². The molecule has 27 heavy (non-hydrogen) atoms. The number of nitriles is 1. The van der Waals surface area contributed by atoms with E-state index in [-0.39, 0.29) is 21.2 Å². The van der Waals surface area contributed by atoms with E-state index >= 15 is 0 Å². The molecule has 0 fully saturated rings. The lowest BCUT2D eigenvalue weighted by atomic mass is 10.3. The van der Waals surface area contributed by atoms with Crippen molar-refractivity contribution in [1.82, 2.24) is 0 Å². The van der Waals surface area contributed by atoms with Gasteiger partial charge < -0.3 is 10.4 Å². The Hall–Kier alpha value is -3.14. The number of hydrogen-bond acceptors (Lipinski definition) is 7. The van der Waals surface area contributed by atoms with E-state index in [9.17, 15) is 26.7 Å². The molecule has 0 heterocycles. The van der Waals surface area contributed by atoms with Gasteiger partial charge in [0.05, 0.1) is 27.2 Å². The van der Waals surface area contributed by atoms with Gasteiger partial charge in [-0.1, -0.05) is 6.07 Å². The number of primary sulfonamides is 1. The lowest BCUT2D eigenvalue weighted by Crippen LogP contribution is -2.16. The Balaban J connectivity index is 2.35. The van der Waals surface area contributed by atoms with Gasteiger partial charge >= 0.3 is 0 Å². The number of rotatable bonds is 6. The highest BCUT2D eigenvalue weighted by molar-refractivity contribution is 7.92. The molecule has 12 heteroatoms. The number of amides is 1. The van der Waals surface area contributed by atoms with Gasteiger partial charge in [-0.05, 0) is 36.4 Å². The van der Waals surface area contributed by atoms with Gasteiger partial charge in [-0.15, -0.1) is 0 Å². The fourth-order valence-electron chi connectivity index (χ4n) is 2.00. The third-order valence-corrected chi connectivity index (χ3v) is 5.50. The molecule has 0 aliphatic carbocycles. The number of nitrogens with two attached hydrogens (primary N) is 1. The van der Waals surface area contributed by atoms with E-state index in [1.54, 1.807) is 6.07 Å². The topological polar surface area (TPSA) is 179 Å². The maximum absolute atomic E-state index is 12.5. The zero-order chi connectivity index (χ0) is 20.2. The Kier molecular flexibility index (Phi) is 5.69. The van der Waals surface area contributed by atoms with Gasteiger partial charge in [0.25, 0.3) is 10.0 Å². The van der Waals surface area contributed by atoms with Gasteiger partial charge in [0.1, 0.15) is 12.2 Å². The summed E-state index contributed by atoms with van der Waals surface area (Å²) in [6, 6.07) is 9.63. The van der Waals surface area contributed by atoms with Crippen LogP contribution in [0.1, 0.15) is 6.42 Å². The van der Waals surface area contributed by atoms with Gasteiger partial charge in [0, 0.05) is 0 Å². The van der Waals surface area contributed by atoms with Crippen LogP contribution in [0.15, 0.2) is 52.3 Å². The molecule has 0 aromatic heterocycles. The molecule has 5 N–H and O–H groups in total. The fourth-order valence-corrected chi connectivity index (χ4v) is 3.63. The summed E-state index contributed by atoms with van der Waals surface area (Å²) in [4.78, 5) is 10.9. The van der Waals surface area contributed by atoms with Crippen LogP contribution in [0.25, 0.3) is 0 Å². The minimum Gasteiger partial charge on any atom is -0.506 e. The Morgan fingerprint density at radius 3 is 2.44 bits per heavy atom. The lowest BCUT2D eigenvalue weighted by Gasteiger charge is -2.11. The number of carbonyl (C=O) groups is 1. The number of anilines is 2. The molecule has 0 atom stereocenters. The maximum Gasteiger partial charge on any atom is 0.261 e. The fraction of sp³-hybridized carbons (Fsp3) is 0.0667. The third kappa shape index (κ3) is 5.17. The predicted octanol–water partition coefficient (Wildman–Crippen LogP) is 0.693. The smallest absolute Gasteiger partial charge is 0.261 e. The SMILES string of the molecule is N#CCC(=O)Nc1cc(S(=O)(=O)Nc2cccc(S(N)(=O)=O)c2)ccc1O. The summed E-state index contributed by atoms with van der Waals surface area (Å²) in [5.41, 5.74) is -0.249. The van der Waals surface area contributed by atoms with Crippen LogP contribution in [0, 0.1) is 11.3 Å². The molecule has 10 nitrogen and oxygen atoms in total. The van der Waals surface area contributed by atoms with Crippen LogP contribution < -0.4 is 15.2 Å². The van der Waals surface area contributed by atoms with E-state index in [0.717, 1.165) is 24.3 Å². The number of benzene rings is 2. The van der Waals surface area contributed by atoms with Crippen molar-refractivity contribution in [2.24, 2.45) is 5.14 Å². The molecular weight excluding hydrogens is 396 g/mol. The molecule has 0 aliphatic rings. The zero-order valence-electron chi connectivity index (χ0n) is 13.6. The van der Waals surface area contributed by atoms with E-state index in [4.69, 9.17) is 10.4 Å². The number of hydrogen-bond donors (Lipinski definition) is 4. The van der Waals surface area contributed by atoms with Crippen LogP contribution in [0.3, 0.4) is 0 Å². The summed E-state index contributed by atoms with van der Waals surface area (Å²) >= 11 is 0. The van der Waals surface area contributed by atoms with Crippen LogP contribution in [-0.4, -0.2) is 27.8 Å². The molecule has 0 saturated carbocycles. The highest BCUT2D eigenvalue weighted by Crippen LogP contribution is 2.28. The van der Waals surface area contributed by atoms with Crippen molar-refractivity contribution in [3.8, 4) is 11.8 Å². The number of nitrogens with one attached hydrogen (secondary N) is 2. The van der Waals surface area contributed by atoms with Crippen LogP contribution in [0.5, 0.6) is 5.75 Å². The van der Waals surface area contributed by atoms with Gasteiger partial charge in [-0.3, -0.25) is 9.52 Å². The summed E-state index contributed by atoms with van der Waals surface area (Å²) in [6.07, 6.45) is -0.477. The molecule has 0 radical (unpaired) electrons. The van der Waals surface area contributed by atoms with Crippen molar-refractivity contribution >= 4 is 37.3 Å². The molecule has 0 spiro atoms. The predicted molar refractivity (Wildman–Crippen MR) is 95.6 cm³/mol. The van der Waals surface area contributed by atoms with Crippen molar-refractivity contribution in [3.05, 3.63) is 42.5 Å². The first kappa shape index (κ1) is 20.2. The molecule has 0 bridgehead atoms. The standard InChI is InChI=1S/C15H14N4O6S2/c16-7-6-15(21)18-13-9-12(4-5-14(13)20)27(24,25)19-10-2-1-3-11(8-10)26(17,22)23/h1-5,8-9,19-20H,6H2,(H,18,21)(H2,17,22,23).